The summed E-state index contributed by atoms with van der Waals surface area (Å²) in [7, 11) is 0. The summed E-state index contributed by atoms with van der Waals surface area (Å²) in [5.74, 6) is -3.05. The van der Waals surface area contributed by atoms with E-state index in [1.165, 1.54) is 0 Å². The van der Waals surface area contributed by atoms with E-state index in [0.29, 0.717) is 22.9 Å². The zero-order valence-corrected chi connectivity index (χ0v) is 16.0. The van der Waals surface area contributed by atoms with Crippen LogP contribution in [-0.4, -0.2) is 23.5 Å². The van der Waals surface area contributed by atoms with Gasteiger partial charge in [0.15, 0.2) is 5.60 Å². The van der Waals surface area contributed by atoms with Crippen LogP contribution >= 0.6 is 0 Å². The first kappa shape index (κ1) is 19.7. The fraction of sp³-hybridized carbons (Fsp3) is 0.130. The predicted molar refractivity (Wildman–Crippen MR) is 108 cm³/mol. The lowest BCUT2D eigenvalue weighted by atomic mass is 9.87. The number of carbonyl (C=O) groups is 2. The zero-order chi connectivity index (χ0) is 21.5. The Morgan fingerprint density at radius 3 is 2.57 bits per heavy atom. The Hall–Kier alpha value is -3.58. The van der Waals surface area contributed by atoms with E-state index in [4.69, 9.17) is 0 Å². The molecule has 0 fully saturated rings. The van der Waals surface area contributed by atoms with Gasteiger partial charge in [-0.2, -0.15) is 0 Å². The number of benzene rings is 3. The summed E-state index contributed by atoms with van der Waals surface area (Å²) in [5.41, 5.74) is -0.121. The lowest BCUT2D eigenvalue weighted by Crippen LogP contribution is -2.44. The van der Waals surface area contributed by atoms with Crippen molar-refractivity contribution in [3.63, 3.8) is 0 Å². The maximum absolute atomic E-state index is 13.8. The van der Waals surface area contributed by atoms with E-state index in [1.54, 1.807) is 42.5 Å². The standard InChI is InChI=1S/C23H18F2N2O3/c1-14-5-4-6-15(11-14)23(30)17-7-2-3-8-20(17)27(22(23)29)13-21(28)26-19-10-9-16(24)12-18(19)25/h2-12,30H,13H2,1H3,(H,26,28)/t23-/m0/s1. The predicted octanol–water partition coefficient (Wildman–Crippen LogP) is 3.49. The number of hydrogen-bond donors (Lipinski definition) is 2. The third kappa shape index (κ3) is 3.23. The average Bonchev–Trinajstić information content (AvgIpc) is 2.93. The minimum Gasteiger partial charge on any atom is -0.372 e. The van der Waals surface area contributed by atoms with Crippen molar-refractivity contribution < 1.29 is 23.5 Å². The van der Waals surface area contributed by atoms with E-state index in [9.17, 15) is 23.5 Å². The monoisotopic (exact) mass is 408 g/mol. The maximum atomic E-state index is 13.8. The van der Waals surface area contributed by atoms with E-state index in [2.05, 4.69) is 5.32 Å². The number of para-hydroxylation sites is 1. The molecule has 2 amide bonds. The van der Waals surface area contributed by atoms with Gasteiger partial charge in [-0.3, -0.25) is 14.5 Å². The van der Waals surface area contributed by atoms with Crippen molar-refractivity contribution in [2.75, 3.05) is 16.8 Å². The first-order valence-corrected chi connectivity index (χ1v) is 9.26. The Labute approximate surface area is 171 Å². The minimum atomic E-state index is -1.94. The number of nitrogens with zero attached hydrogens (tertiary/aromatic N) is 1. The highest BCUT2D eigenvalue weighted by molar-refractivity contribution is 6.12. The summed E-state index contributed by atoms with van der Waals surface area (Å²) < 4.78 is 26.9. The Kier molecular flexibility index (Phi) is 4.83. The van der Waals surface area contributed by atoms with Crippen molar-refractivity contribution in [2.24, 2.45) is 0 Å². The fourth-order valence-electron chi connectivity index (χ4n) is 3.67. The van der Waals surface area contributed by atoms with Gasteiger partial charge in [0, 0.05) is 11.6 Å². The lowest BCUT2D eigenvalue weighted by Gasteiger charge is -2.24. The van der Waals surface area contributed by atoms with Crippen LogP contribution in [0.5, 0.6) is 0 Å². The Balaban J connectivity index is 1.66. The van der Waals surface area contributed by atoms with Crippen molar-refractivity contribution >= 4 is 23.2 Å². The molecule has 1 atom stereocenters. The Morgan fingerprint density at radius 2 is 1.83 bits per heavy atom. The highest BCUT2D eigenvalue weighted by Crippen LogP contribution is 2.44. The van der Waals surface area contributed by atoms with Crippen LogP contribution < -0.4 is 10.2 Å². The van der Waals surface area contributed by atoms with Crippen LogP contribution in [0.3, 0.4) is 0 Å². The third-order valence-corrected chi connectivity index (χ3v) is 5.08. The molecule has 3 aromatic carbocycles. The van der Waals surface area contributed by atoms with Gasteiger partial charge in [-0.15, -0.1) is 0 Å². The summed E-state index contributed by atoms with van der Waals surface area (Å²) >= 11 is 0. The second kappa shape index (κ2) is 7.35. The van der Waals surface area contributed by atoms with Gasteiger partial charge < -0.3 is 10.4 Å². The maximum Gasteiger partial charge on any atom is 0.268 e. The Bertz CT molecular complexity index is 1160. The highest BCUT2D eigenvalue weighted by atomic mass is 19.1. The summed E-state index contributed by atoms with van der Waals surface area (Å²) in [6, 6.07) is 16.4. The number of amides is 2. The molecule has 0 unspecified atom stereocenters. The molecule has 1 heterocycles. The molecule has 0 bridgehead atoms. The molecule has 0 saturated heterocycles. The molecule has 2 N–H and O–H groups in total. The Morgan fingerprint density at radius 1 is 1.07 bits per heavy atom. The van der Waals surface area contributed by atoms with Gasteiger partial charge in [0.1, 0.15) is 18.2 Å². The molecular formula is C23H18F2N2O3. The number of aliphatic hydroxyl groups is 1. The van der Waals surface area contributed by atoms with Gasteiger partial charge in [0.05, 0.1) is 11.4 Å². The first-order chi connectivity index (χ1) is 14.3. The van der Waals surface area contributed by atoms with E-state index < -0.39 is 35.6 Å². The average molecular weight is 408 g/mol. The molecule has 0 aliphatic carbocycles. The van der Waals surface area contributed by atoms with Gasteiger partial charge in [0.2, 0.25) is 5.91 Å². The van der Waals surface area contributed by atoms with Crippen molar-refractivity contribution in [2.45, 2.75) is 12.5 Å². The molecule has 1 aliphatic rings. The molecule has 3 aromatic rings. The molecule has 0 spiro atoms. The molecule has 1 aliphatic heterocycles. The topological polar surface area (TPSA) is 69.6 Å². The number of nitrogens with one attached hydrogen (secondary N) is 1. The number of hydrogen-bond acceptors (Lipinski definition) is 3. The number of carbonyl (C=O) groups excluding carboxylic acids is 2. The zero-order valence-electron chi connectivity index (χ0n) is 16.0. The first-order valence-electron chi connectivity index (χ1n) is 9.26. The molecular weight excluding hydrogens is 390 g/mol. The third-order valence-electron chi connectivity index (χ3n) is 5.08. The second-order valence-corrected chi connectivity index (χ2v) is 7.16. The van der Waals surface area contributed by atoms with Crippen LogP contribution in [-0.2, 0) is 15.2 Å². The van der Waals surface area contributed by atoms with Crippen molar-refractivity contribution in [1.29, 1.82) is 0 Å². The molecule has 0 saturated carbocycles. The number of rotatable bonds is 4. The molecule has 0 radical (unpaired) electrons. The number of anilines is 2. The van der Waals surface area contributed by atoms with Crippen LogP contribution in [0.2, 0.25) is 0 Å². The molecule has 5 nitrogen and oxygen atoms in total. The summed E-state index contributed by atoms with van der Waals surface area (Å²) in [6.45, 7) is 1.40. The van der Waals surface area contributed by atoms with Crippen LogP contribution in [0.15, 0.2) is 66.7 Å². The molecule has 4 rings (SSSR count). The molecule has 0 aromatic heterocycles. The van der Waals surface area contributed by atoms with E-state index in [0.717, 1.165) is 22.6 Å². The van der Waals surface area contributed by atoms with Gasteiger partial charge in [-0.1, -0.05) is 48.0 Å². The lowest BCUT2D eigenvalue weighted by molar-refractivity contribution is -0.133. The van der Waals surface area contributed by atoms with Crippen LogP contribution in [0.1, 0.15) is 16.7 Å². The van der Waals surface area contributed by atoms with Gasteiger partial charge >= 0.3 is 0 Å². The number of aryl methyl sites for hydroxylation is 1. The highest BCUT2D eigenvalue weighted by Gasteiger charge is 2.51. The summed E-state index contributed by atoms with van der Waals surface area (Å²) in [6.07, 6.45) is 0. The van der Waals surface area contributed by atoms with E-state index in [-0.39, 0.29) is 5.69 Å². The van der Waals surface area contributed by atoms with Crippen LogP contribution in [0.4, 0.5) is 20.2 Å². The van der Waals surface area contributed by atoms with E-state index >= 15 is 0 Å². The van der Waals surface area contributed by atoms with Crippen molar-refractivity contribution in [3.05, 3.63) is 95.1 Å². The number of halogens is 2. The smallest absolute Gasteiger partial charge is 0.268 e. The summed E-state index contributed by atoms with van der Waals surface area (Å²) in [5, 5.41) is 13.8. The normalized spacial score (nSPS) is 17.7. The second-order valence-electron chi connectivity index (χ2n) is 7.16. The molecule has 30 heavy (non-hydrogen) atoms. The summed E-state index contributed by atoms with van der Waals surface area (Å²) in [4.78, 5) is 26.9. The fourth-order valence-corrected chi connectivity index (χ4v) is 3.67. The van der Waals surface area contributed by atoms with Crippen LogP contribution in [0, 0.1) is 18.6 Å². The molecule has 7 heteroatoms. The largest absolute Gasteiger partial charge is 0.372 e. The van der Waals surface area contributed by atoms with Crippen molar-refractivity contribution in [3.8, 4) is 0 Å². The van der Waals surface area contributed by atoms with Gasteiger partial charge in [-0.25, -0.2) is 8.78 Å². The van der Waals surface area contributed by atoms with Crippen molar-refractivity contribution in [1.82, 2.24) is 0 Å². The van der Waals surface area contributed by atoms with E-state index in [1.807, 2.05) is 13.0 Å². The van der Waals surface area contributed by atoms with Gasteiger partial charge in [-0.05, 0) is 30.7 Å². The molecule has 152 valence electrons. The van der Waals surface area contributed by atoms with Gasteiger partial charge in [0.25, 0.3) is 5.91 Å². The quantitative estimate of drug-likeness (QED) is 0.694. The minimum absolute atomic E-state index is 0.199. The number of fused-ring (bicyclic) bond motifs is 1. The van der Waals surface area contributed by atoms with Crippen LogP contribution in [0.25, 0.3) is 0 Å². The SMILES string of the molecule is Cc1cccc([C@@]2(O)C(=O)N(CC(=O)Nc3ccc(F)cc3F)c3ccccc32)c1.